The van der Waals surface area contributed by atoms with Crippen molar-refractivity contribution in [3.05, 3.63) is 68.9 Å². The fraction of sp³-hybridized carbons (Fsp3) is 0.355. The lowest BCUT2D eigenvalue weighted by Crippen LogP contribution is -2.46. The van der Waals surface area contributed by atoms with Crippen molar-refractivity contribution in [2.24, 2.45) is 5.41 Å². The second-order valence-electron chi connectivity index (χ2n) is 10.9. The number of esters is 1. The maximum Gasteiger partial charge on any atom is 0.348 e. The highest BCUT2D eigenvalue weighted by Gasteiger charge is 2.41. The van der Waals surface area contributed by atoms with Crippen molar-refractivity contribution in [1.29, 1.82) is 0 Å². The molecular weight excluding hydrogens is 612 g/mol. The number of aromatic carboxylic acids is 1. The molecular formula is C31H33ClN2O9S. The Morgan fingerprint density at radius 3 is 2.52 bits per heavy atom. The molecule has 2 amide bonds. The number of carbonyl (C=O) groups excluding carboxylic acids is 3. The van der Waals surface area contributed by atoms with Crippen LogP contribution in [-0.2, 0) is 23.9 Å². The van der Waals surface area contributed by atoms with Gasteiger partial charge in [0.1, 0.15) is 17.1 Å². The molecule has 0 aliphatic carbocycles. The summed E-state index contributed by atoms with van der Waals surface area (Å²) in [5, 5.41) is 14.0. The summed E-state index contributed by atoms with van der Waals surface area (Å²) >= 11 is 7.44. The van der Waals surface area contributed by atoms with Crippen LogP contribution in [0.15, 0.2) is 47.8 Å². The fourth-order valence-corrected chi connectivity index (χ4v) is 5.81. The number of nitrogens with zero attached hydrogens (tertiary/aromatic N) is 1. The predicted octanol–water partition coefficient (Wildman–Crippen LogP) is 5.56. The van der Waals surface area contributed by atoms with Gasteiger partial charge >= 0.3 is 11.9 Å². The third-order valence-electron chi connectivity index (χ3n) is 6.88. The van der Waals surface area contributed by atoms with Crippen LogP contribution >= 0.6 is 22.9 Å². The lowest BCUT2D eigenvalue weighted by molar-refractivity contribution is -0.144. The Kier molecular flexibility index (Phi) is 10.2. The van der Waals surface area contributed by atoms with Crippen LogP contribution in [0.5, 0.6) is 11.5 Å². The van der Waals surface area contributed by atoms with E-state index in [0.717, 1.165) is 11.3 Å². The molecule has 44 heavy (non-hydrogen) atoms. The summed E-state index contributed by atoms with van der Waals surface area (Å²) < 4.78 is 23.0. The number of halogens is 1. The van der Waals surface area contributed by atoms with E-state index in [2.05, 4.69) is 5.32 Å². The standard InChI is InChI=1S/C31H33ClN2O9S/c1-17(35)42-16-31(2,3)15-34-22-10-9-18(32)13-20(22)26(19-7-6-8-23(40-4)27(19)41-5)43-24(29(34)37)14-25(36)33-21-11-12-44-28(21)30(38)39/h6-13,24,26H,14-16H2,1-5H3,(H,33,36)(H,38,39)/t24-,26-/m1/s1. The lowest BCUT2D eigenvalue weighted by atomic mass is 9.92. The number of benzene rings is 2. The number of thiophene rings is 1. The Morgan fingerprint density at radius 2 is 1.86 bits per heavy atom. The van der Waals surface area contributed by atoms with Gasteiger partial charge in [0.15, 0.2) is 11.5 Å². The van der Waals surface area contributed by atoms with Gasteiger partial charge in [-0.3, -0.25) is 14.4 Å². The van der Waals surface area contributed by atoms with Crippen molar-refractivity contribution in [3.63, 3.8) is 0 Å². The summed E-state index contributed by atoms with van der Waals surface area (Å²) in [4.78, 5) is 52.3. The quantitative estimate of drug-likeness (QED) is 0.257. The minimum absolute atomic E-state index is 0.0320. The predicted molar refractivity (Wildman–Crippen MR) is 165 cm³/mol. The molecule has 1 aliphatic heterocycles. The van der Waals surface area contributed by atoms with Crippen LogP contribution in [0.25, 0.3) is 0 Å². The number of nitrogens with one attached hydrogen (secondary N) is 1. The first kappa shape index (κ1) is 32.8. The smallest absolute Gasteiger partial charge is 0.348 e. The molecule has 0 radical (unpaired) electrons. The maximum atomic E-state index is 14.3. The Morgan fingerprint density at radius 1 is 1.11 bits per heavy atom. The van der Waals surface area contributed by atoms with Crippen LogP contribution in [0.2, 0.25) is 5.02 Å². The molecule has 1 aromatic heterocycles. The molecule has 0 saturated heterocycles. The normalized spacial score (nSPS) is 16.5. The molecule has 13 heteroatoms. The third kappa shape index (κ3) is 7.32. The molecule has 234 valence electrons. The third-order valence-corrected chi connectivity index (χ3v) is 8.01. The molecule has 0 spiro atoms. The number of fused-ring (bicyclic) bond motifs is 1. The van der Waals surface area contributed by atoms with Gasteiger partial charge in [0.2, 0.25) is 5.91 Å². The number of ether oxygens (including phenoxy) is 4. The van der Waals surface area contributed by atoms with E-state index in [1.807, 2.05) is 13.8 Å². The lowest BCUT2D eigenvalue weighted by Gasteiger charge is -2.33. The van der Waals surface area contributed by atoms with E-state index in [4.69, 9.17) is 30.5 Å². The molecule has 2 atom stereocenters. The number of methoxy groups -OCH3 is 2. The van der Waals surface area contributed by atoms with Gasteiger partial charge < -0.3 is 34.3 Å². The number of anilines is 2. The van der Waals surface area contributed by atoms with E-state index in [9.17, 15) is 24.3 Å². The zero-order valence-electron chi connectivity index (χ0n) is 24.8. The van der Waals surface area contributed by atoms with Crippen LogP contribution < -0.4 is 19.7 Å². The second kappa shape index (κ2) is 13.7. The molecule has 0 unspecified atom stereocenters. The Balaban J connectivity index is 1.82. The van der Waals surface area contributed by atoms with Gasteiger partial charge in [0, 0.05) is 40.7 Å². The van der Waals surface area contributed by atoms with Gasteiger partial charge in [-0.05, 0) is 35.7 Å². The molecule has 2 heterocycles. The average molecular weight is 645 g/mol. The molecule has 4 rings (SSSR count). The Labute approximate surface area is 263 Å². The summed E-state index contributed by atoms with van der Waals surface area (Å²) in [7, 11) is 2.98. The number of amides is 2. The summed E-state index contributed by atoms with van der Waals surface area (Å²) in [5.41, 5.74) is 0.967. The number of hydrogen-bond acceptors (Lipinski definition) is 9. The highest BCUT2D eigenvalue weighted by atomic mass is 35.5. The van der Waals surface area contributed by atoms with Gasteiger partial charge in [0.25, 0.3) is 5.91 Å². The van der Waals surface area contributed by atoms with E-state index < -0.39 is 47.8 Å². The van der Waals surface area contributed by atoms with E-state index in [1.54, 1.807) is 41.8 Å². The highest BCUT2D eigenvalue weighted by molar-refractivity contribution is 7.12. The maximum absolute atomic E-state index is 14.3. The van der Waals surface area contributed by atoms with Crippen molar-refractivity contribution < 1.29 is 43.2 Å². The van der Waals surface area contributed by atoms with E-state index in [1.165, 1.54) is 32.1 Å². The van der Waals surface area contributed by atoms with E-state index >= 15 is 0 Å². The highest BCUT2D eigenvalue weighted by Crippen LogP contribution is 2.45. The zero-order chi connectivity index (χ0) is 32.2. The number of carbonyl (C=O) groups is 4. The van der Waals surface area contributed by atoms with Gasteiger partial charge in [-0.25, -0.2) is 4.79 Å². The molecule has 11 nitrogen and oxygen atoms in total. The molecule has 0 fully saturated rings. The van der Waals surface area contributed by atoms with Crippen LogP contribution in [0.4, 0.5) is 11.4 Å². The van der Waals surface area contributed by atoms with Crippen molar-refractivity contribution in [2.45, 2.75) is 39.4 Å². The fourth-order valence-electron chi connectivity index (χ4n) is 4.94. The van der Waals surface area contributed by atoms with Crippen LogP contribution in [0.3, 0.4) is 0 Å². The first-order valence-electron chi connectivity index (χ1n) is 13.6. The van der Waals surface area contributed by atoms with Crippen molar-refractivity contribution in [3.8, 4) is 11.5 Å². The van der Waals surface area contributed by atoms with E-state index in [0.29, 0.717) is 33.3 Å². The Bertz CT molecular complexity index is 1570. The summed E-state index contributed by atoms with van der Waals surface area (Å²) in [5.74, 6) is -1.98. The SMILES string of the molecule is COc1cccc([C@H]2O[C@H](CC(=O)Nc3ccsc3C(=O)O)C(=O)N(CC(C)(C)COC(C)=O)c3ccc(Cl)cc32)c1OC. The van der Waals surface area contributed by atoms with Gasteiger partial charge in [-0.2, -0.15) is 0 Å². The minimum Gasteiger partial charge on any atom is -0.493 e. The van der Waals surface area contributed by atoms with Crippen molar-refractivity contribution in [1.82, 2.24) is 0 Å². The number of para-hydroxylation sites is 1. The number of carboxylic acid groups (broad SMARTS) is 1. The second-order valence-corrected chi connectivity index (χ2v) is 12.2. The monoisotopic (exact) mass is 644 g/mol. The van der Waals surface area contributed by atoms with Crippen LogP contribution in [-0.4, -0.2) is 62.3 Å². The van der Waals surface area contributed by atoms with Gasteiger partial charge in [0.05, 0.1) is 32.9 Å². The summed E-state index contributed by atoms with van der Waals surface area (Å²) in [6.45, 7) is 5.13. The minimum atomic E-state index is -1.32. The molecule has 1 aliphatic rings. The molecule has 0 saturated carbocycles. The van der Waals surface area contributed by atoms with Gasteiger partial charge in [-0.15, -0.1) is 11.3 Å². The molecule has 3 aromatic rings. The molecule has 2 aromatic carbocycles. The molecule has 2 N–H and O–H groups in total. The topological polar surface area (TPSA) is 141 Å². The van der Waals surface area contributed by atoms with Gasteiger partial charge in [-0.1, -0.05) is 37.6 Å². The van der Waals surface area contributed by atoms with Crippen molar-refractivity contribution in [2.75, 3.05) is 37.6 Å². The number of hydrogen-bond donors (Lipinski definition) is 2. The average Bonchev–Trinajstić information content (AvgIpc) is 3.41. The summed E-state index contributed by atoms with van der Waals surface area (Å²) in [6, 6.07) is 11.8. The van der Waals surface area contributed by atoms with Crippen LogP contribution in [0.1, 0.15) is 54.1 Å². The summed E-state index contributed by atoms with van der Waals surface area (Å²) in [6.07, 6.45) is -2.69. The van der Waals surface area contributed by atoms with Crippen LogP contribution in [0, 0.1) is 5.41 Å². The first-order chi connectivity index (χ1) is 20.8. The first-order valence-corrected chi connectivity index (χ1v) is 14.8. The van der Waals surface area contributed by atoms with Crippen molar-refractivity contribution >= 4 is 58.1 Å². The largest absolute Gasteiger partial charge is 0.493 e. The van der Waals surface area contributed by atoms with E-state index in [-0.39, 0.29) is 23.7 Å². The molecule has 0 bridgehead atoms. The Hall–Kier alpha value is -4.13. The zero-order valence-corrected chi connectivity index (χ0v) is 26.4. The number of carboxylic acids is 1. The number of rotatable bonds is 11.